The normalized spacial score (nSPS) is 14.8. The number of benzene rings is 3. The van der Waals surface area contributed by atoms with Gasteiger partial charge in [0.25, 0.3) is 11.6 Å². The van der Waals surface area contributed by atoms with Crippen LogP contribution in [0.25, 0.3) is 6.08 Å². The van der Waals surface area contributed by atoms with Crippen LogP contribution in [0.5, 0.6) is 5.75 Å². The first-order valence-corrected chi connectivity index (χ1v) is 10.6. The number of rotatable bonds is 6. The molecule has 0 unspecified atom stereocenters. The van der Waals surface area contributed by atoms with Gasteiger partial charge in [-0.2, -0.15) is 0 Å². The standard InChI is InChI=1S/C23H15FN2O4S2/c24-19-10-3-1-7-16(19)14-30-20-11-4-2-6-15(20)12-21-22(27)25(23(31)32-21)17-8-5-9-18(13-17)26(28)29/h1-13H,14H2/b21-12+. The molecule has 3 aromatic carbocycles. The Labute approximate surface area is 192 Å². The number of nitro benzene ring substituents is 1. The molecule has 1 saturated heterocycles. The summed E-state index contributed by atoms with van der Waals surface area (Å²) in [5.41, 5.74) is 1.24. The molecule has 0 radical (unpaired) electrons. The van der Waals surface area contributed by atoms with E-state index in [1.165, 1.54) is 29.2 Å². The van der Waals surface area contributed by atoms with E-state index in [1.807, 2.05) is 0 Å². The van der Waals surface area contributed by atoms with Gasteiger partial charge in [-0.05, 0) is 24.3 Å². The average molecular weight is 467 g/mol. The van der Waals surface area contributed by atoms with Gasteiger partial charge in [-0.15, -0.1) is 0 Å². The zero-order valence-corrected chi connectivity index (χ0v) is 18.1. The van der Waals surface area contributed by atoms with Crippen molar-refractivity contribution >= 4 is 51.7 Å². The molecule has 0 atom stereocenters. The maximum Gasteiger partial charge on any atom is 0.271 e. The number of amides is 1. The summed E-state index contributed by atoms with van der Waals surface area (Å²) >= 11 is 6.44. The lowest BCUT2D eigenvalue weighted by Gasteiger charge is -2.14. The highest BCUT2D eigenvalue weighted by Gasteiger charge is 2.34. The van der Waals surface area contributed by atoms with Crippen molar-refractivity contribution in [1.82, 2.24) is 0 Å². The zero-order valence-electron chi connectivity index (χ0n) is 16.4. The fourth-order valence-electron chi connectivity index (χ4n) is 3.08. The van der Waals surface area contributed by atoms with Gasteiger partial charge in [-0.25, -0.2) is 4.39 Å². The van der Waals surface area contributed by atoms with E-state index in [0.29, 0.717) is 27.5 Å². The summed E-state index contributed by atoms with van der Waals surface area (Å²) in [5.74, 6) is -0.261. The summed E-state index contributed by atoms with van der Waals surface area (Å²) in [6.45, 7) is 0.0339. The Bertz CT molecular complexity index is 1260. The van der Waals surface area contributed by atoms with E-state index in [4.69, 9.17) is 17.0 Å². The van der Waals surface area contributed by atoms with E-state index in [1.54, 1.807) is 54.6 Å². The first-order chi connectivity index (χ1) is 15.4. The second-order valence-corrected chi connectivity index (χ2v) is 8.39. The van der Waals surface area contributed by atoms with Crippen LogP contribution in [0.15, 0.2) is 77.7 Å². The lowest BCUT2D eigenvalue weighted by molar-refractivity contribution is -0.384. The maximum absolute atomic E-state index is 13.9. The maximum atomic E-state index is 13.9. The molecule has 0 spiro atoms. The van der Waals surface area contributed by atoms with Gasteiger partial charge in [0, 0.05) is 23.3 Å². The molecular weight excluding hydrogens is 451 g/mol. The van der Waals surface area contributed by atoms with E-state index in [9.17, 15) is 19.3 Å². The number of para-hydroxylation sites is 1. The van der Waals surface area contributed by atoms with Crippen molar-refractivity contribution in [1.29, 1.82) is 0 Å². The Balaban J connectivity index is 1.59. The molecule has 160 valence electrons. The fourth-order valence-corrected chi connectivity index (χ4v) is 4.37. The zero-order chi connectivity index (χ0) is 22.7. The van der Waals surface area contributed by atoms with Crippen LogP contribution in [0.3, 0.4) is 0 Å². The molecule has 1 aliphatic heterocycles. The summed E-state index contributed by atoms with van der Waals surface area (Å²) in [6.07, 6.45) is 1.65. The quantitative estimate of drug-likeness (QED) is 0.200. The second-order valence-electron chi connectivity index (χ2n) is 6.71. The summed E-state index contributed by atoms with van der Waals surface area (Å²) in [7, 11) is 0. The number of thioether (sulfide) groups is 1. The van der Waals surface area contributed by atoms with Crippen LogP contribution in [-0.2, 0) is 11.4 Å². The number of anilines is 1. The average Bonchev–Trinajstić information content (AvgIpc) is 3.07. The van der Waals surface area contributed by atoms with Crippen molar-refractivity contribution in [3.63, 3.8) is 0 Å². The molecule has 1 aliphatic rings. The van der Waals surface area contributed by atoms with Gasteiger partial charge in [0.05, 0.1) is 15.5 Å². The summed E-state index contributed by atoms with van der Waals surface area (Å²) < 4.78 is 20.0. The minimum absolute atomic E-state index is 0.0339. The Morgan fingerprint density at radius 1 is 1.09 bits per heavy atom. The second kappa shape index (κ2) is 9.29. The Kier molecular flexibility index (Phi) is 6.29. The largest absolute Gasteiger partial charge is 0.488 e. The molecule has 0 N–H and O–H groups in total. The third kappa shape index (κ3) is 4.53. The highest BCUT2D eigenvalue weighted by atomic mass is 32.2. The van der Waals surface area contributed by atoms with Crippen LogP contribution in [0.4, 0.5) is 15.8 Å². The Morgan fingerprint density at radius 3 is 2.62 bits per heavy atom. The van der Waals surface area contributed by atoms with Crippen LogP contribution in [-0.4, -0.2) is 15.2 Å². The molecule has 9 heteroatoms. The van der Waals surface area contributed by atoms with Gasteiger partial charge in [0.1, 0.15) is 18.2 Å². The monoisotopic (exact) mass is 466 g/mol. The van der Waals surface area contributed by atoms with Gasteiger partial charge in [0.2, 0.25) is 0 Å². The van der Waals surface area contributed by atoms with Crippen LogP contribution in [0, 0.1) is 15.9 Å². The molecule has 0 aromatic heterocycles. The first kappa shape index (κ1) is 21.7. The van der Waals surface area contributed by atoms with Crippen molar-refractivity contribution < 1.29 is 18.8 Å². The van der Waals surface area contributed by atoms with Crippen LogP contribution >= 0.6 is 24.0 Å². The van der Waals surface area contributed by atoms with E-state index < -0.39 is 4.92 Å². The molecule has 1 heterocycles. The number of nitro groups is 1. The van der Waals surface area contributed by atoms with E-state index >= 15 is 0 Å². The fraction of sp³-hybridized carbons (Fsp3) is 0.0435. The lowest BCUT2D eigenvalue weighted by Crippen LogP contribution is -2.27. The third-order valence-corrected chi connectivity index (χ3v) is 5.94. The number of halogens is 1. The molecular formula is C23H15FN2O4S2. The smallest absolute Gasteiger partial charge is 0.271 e. The topological polar surface area (TPSA) is 72.7 Å². The molecule has 6 nitrogen and oxygen atoms in total. The van der Waals surface area contributed by atoms with Gasteiger partial charge in [-0.3, -0.25) is 19.8 Å². The van der Waals surface area contributed by atoms with Crippen molar-refractivity contribution in [2.75, 3.05) is 4.90 Å². The Morgan fingerprint density at radius 2 is 1.84 bits per heavy atom. The highest BCUT2D eigenvalue weighted by Crippen LogP contribution is 2.38. The van der Waals surface area contributed by atoms with E-state index in [2.05, 4.69) is 0 Å². The number of hydrogen-bond acceptors (Lipinski definition) is 6. The van der Waals surface area contributed by atoms with Crippen molar-refractivity contribution in [2.45, 2.75) is 6.61 Å². The van der Waals surface area contributed by atoms with Crippen molar-refractivity contribution in [3.05, 3.63) is 105 Å². The Hall–Kier alpha value is -3.56. The lowest BCUT2D eigenvalue weighted by atomic mass is 10.1. The van der Waals surface area contributed by atoms with Crippen LogP contribution in [0.2, 0.25) is 0 Å². The molecule has 4 rings (SSSR count). The number of carbonyl (C=O) groups excluding carboxylic acids is 1. The van der Waals surface area contributed by atoms with Crippen molar-refractivity contribution in [2.24, 2.45) is 0 Å². The molecule has 32 heavy (non-hydrogen) atoms. The SMILES string of the molecule is O=C1/C(=C\c2ccccc2OCc2ccccc2F)SC(=S)N1c1cccc([N+](=O)[O-])c1. The molecule has 1 fully saturated rings. The number of carbonyl (C=O) groups is 1. The third-order valence-electron chi connectivity index (χ3n) is 4.64. The predicted molar refractivity (Wildman–Crippen MR) is 126 cm³/mol. The molecule has 1 amide bonds. The highest BCUT2D eigenvalue weighted by molar-refractivity contribution is 8.27. The predicted octanol–water partition coefficient (Wildman–Crippen LogP) is 5.72. The van der Waals surface area contributed by atoms with Gasteiger partial charge < -0.3 is 4.74 Å². The van der Waals surface area contributed by atoms with Crippen molar-refractivity contribution in [3.8, 4) is 5.75 Å². The van der Waals surface area contributed by atoms with Gasteiger partial charge in [0.15, 0.2) is 4.32 Å². The molecule has 3 aromatic rings. The van der Waals surface area contributed by atoms with Crippen LogP contribution in [0.1, 0.15) is 11.1 Å². The summed E-state index contributed by atoms with van der Waals surface area (Å²) in [6, 6.07) is 19.2. The minimum atomic E-state index is -0.528. The van der Waals surface area contributed by atoms with Crippen LogP contribution < -0.4 is 9.64 Å². The number of thiocarbonyl (C=S) groups is 1. The summed E-state index contributed by atoms with van der Waals surface area (Å²) in [4.78, 5) is 25.2. The van der Waals surface area contributed by atoms with Gasteiger partial charge >= 0.3 is 0 Å². The molecule has 0 saturated carbocycles. The molecule has 0 bridgehead atoms. The summed E-state index contributed by atoms with van der Waals surface area (Å²) in [5, 5.41) is 11.1. The number of ether oxygens (including phenoxy) is 1. The van der Waals surface area contributed by atoms with E-state index in [0.717, 1.165) is 11.8 Å². The number of non-ortho nitro benzene ring substituents is 1. The number of hydrogen-bond donors (Lipinski definition) is 0. The van der Waals surface area contributed by atoms with E-state index in [-0.39, 0.29) is 28.3 Å². The first-order valence-electron chi connectivity index (χ1n) is 9.41. The number of nitrogens with zero attached hydrogens (tertiary/aromatic N) is 2. The van der Waals surface area contributed by atoms with Gasteiger partial charge in [-0.1, -0.05) is 66.4 Å². The minimum Gasteiger partial charge on any atom is -0.488 e. The molecule has 0 aliphatic carbocycles.